The van der Waals surface area contributed by atoms with E-state index in [9.17, 15) is 9.59 Å². The van der Waals surface area contributed by atoms with Crippen molar-refractivity contribution in [3.8, 4) is 5.75 Å². The molecular weight excluding hydrogens is 374 g/mol. The first-order chi connectivity index (χ1) is 12.5. The van der Waals surface area contributed by atoms with Crippen LogP contribution >= 0.6 is 22.9 Å². The maximum absolute atomic E-state index is 12.3. The van der Waals surface area contributed by atoms with Crippen LogP contribution in [0.4, 0.5) is 5.69 Å². The molecule has 1 heterocycles. The van der Waals surface area contributed by atoms with Crippen LogP contribution in [0.5, 0.6) is 5.75 Å². The summed E-state index contributed by atoms with van der Waals surface area (Å²) in [6.45, 7) is 1.52. The average Bonchev–Trinajstić information content (AvgIpc) is 3.06. The van der Waals surface area contributed by atoms with E-state index in [0.29, 0.717) is 21.3 Å². The second-order valence-corrected chi connectivity index (χ2v) is 7.03. The van der Waals surface area contributed by atoms with Crippen molar-refractivity contribution < 1.29 is 19.1 Å². The van der Waals surface area contributed by atoms with Gasteiger partial charge >= 0.3 is 5.97 Å². The molecule has 0 saturated heterocycles. The van der Waals surface area contributed by atoms with Crippen molar-refractivity contribution in [2.75, 3.05) is 12.4 Å². The highest BCUT2D eigenvalue weighted by Gasteiger charge is 2.20. The monoisotopic (exact) mass is 389 g/mol. The third-order valence-electron chi connectivity index (χ3n) is 3.70. The van der Waals surface area contributed by atoms with E-state index in [1.165, 1.54) is 25.4 Å². The van der Waals surface area contributed by atoms with E-state index in [0.717, 1.165) is 10.1 Å². The number of esters is 1. The van der Waals surface area contributed by atoms with Gasteiger partial charge in [0.25, 0.3) is 5.91 Å². The molecule has 0 saturated carbocycles. The van der Waals surface area contributed by atoms with Crippen molar-refractivity contribution in [2.24, 2.45) is 0 Å². The Labute approximate surface area is 159 Å². The van der Waals surface area contributed by atoms with E-state index in [4.69, 9.17) is 21.1 Å². The Morgan fingerprint density at radius 1 is 1.15 bits per heavy atom. The zero-order valence-corrected chi connectivity index (χ0v) is 15.7. The molecule has 3 rings (SSSR count). The number of carbonyl (C=O) groups is 2. The van der Waals surface area contributed by atoms with E-state index < -0.39 is 18.0 Å². The number of rotatable bonds is 5. The van der Waals surface area contributed by atoms with Gasteiger partial charge in [0.15, 0.2) is 6.10 Å². The fourth-order valence-electron chi connectivity index (χ4n) is 2.34. The molecule has 1 aromatic heterocycles. The Kier molecular flexibility index (Phi) is 5.44. The van der Waals surface area contributed by atoms with Crippen LogP contribution in [-0.2, 0) is 9.53 Å². The zero-order valence-electron chi connectivity index (χ0n) is 14.1. The van der Waals surface area contributed by atoms with E-state index in [1.807, 2.05) is 24.3 Å². The summed E-state index contributed by atoms with van der Waals surface area (Å²) in [5.74, 6) is -0.462. The van der Waals surface area contributed by atoms with E-state index in [2.05, 4.69) is 5.32 Å². The number of hydrogen-bond acceptors (Lipinski definition) is 5. The van der Waals surface area contributed by atoms with Crippen molar-refractivity contribution >= 4 is 50.6 Å². The molecule has 2 aromatic carbocycles. The highest BCUT2D eigenvalue weighted by molar-refractivity contribution is 7.20. The summed E-state index contributed by atoms with van der Waals surface area (Å²) in [5, 5.41) is 4.01. The number of methoxy groups -OCH3 is 1. The predicted molar refractivity (Wildman–Crippen MR) is 103 cm³/mol. The molecular formula is C19H16ClNO4S. The van der Waals surface area contributed by atoms with Gasteiger partial charge in [-0.2, -0.15) is 0 Å². The number of ether oxygens (including phenoxy) is 2. The Balaban J connectivity index is 1.64. The minimum absolute atomic E-state index is 0.375. The maximum Gasteiger partial charge on any atom is 0.349 e. The second kappa shape index (κ2) is 7.76. The molecule has 7 heteroatoms. The topological polar surface area (TPSA) is 64.6 Å². The molecule has 0 bridgehead atoms. The lowest BCUT2D eigenvalue weighted by Crippen LogP contribution is -2.29. The quantitative estimate of drug-likeness (QED) is 0.639. The molecule has 0 spiro atoms. The lowest BCUT2D eigenvalue weighted by Gasteiger charge is -2.13. The summed E-state index contributed by atoms with van der Waals surface area (Å²) in [7, 11) is 1.51. The Morgan fingerprint density at radius 2 is 1.92 bits per heavy atom. The van der Waals surface area contributed by atoms with Crippen molar-refractivity contribution in [3.63, 3.8) is 0 Å². The zero-order chi connectivity index (χ0) is 18.7. The lowest BCUT2D eigenvalue weighted by molar-refractivity contribution is -0.123. The Morgan fingerprint density at radius 3 is 2.62 bits per heavy atom. The number of halogens is 1. The lowest BCUT2D eigenvalue weighted by atomic mass is 10.2. The van der Waals surface area contributed by atoms with Gasteiger partial charge in [-0.05, 0) is 42.6 Å². The summed E-state index contributed by atoms with van der Waals surface area (Å²) < 4.78 is 11.3. The number of benzene rings is 2. The standard InChI is InChI=1S/C19H16ClNO4S/c1-11(18(22)21-13-7-8-15(24-2)14(20)10-13)25-19(23)17-9-12-5-3-4-6-16(12)26-17/h3-11H,1-2H3,(H,21,22)/t11-/m1/s1. The third-order valence-corrected chi connectivity index (χ3v) is 5.09. The molecule has 0 aliphatic heterocycles. The molecule has 0 aliphatic rings. The van der Waals surface area contributed by atoms with Gasteiger partial charge in [-0.1, -0.05) is 29.8 Å². The van der Waals surface area contributed by atoms with Crippen molar-refractivity contribution in [1.82, 2.24) is 0 Å². The second-order valence-electron chi connectivity index (χ2n) is 5.53. The number of fused-ring (bicyclic) bond motifs is 1. The molecule has 1 N–H and O–H groups in total. The number of thiophene rings is 1. The predicted octanol–water partition coefficient (Wildman–Crippen LogP) is 4.75. The first-order valence-electron chi connectivity index (χ1n) is 7.82. The van der Waals surface area contributed by atoms with E-state index >= 15 is 0 Å². The number of amides is 1. The SMILES string of the molecule is COc1ccc(NC(=O)[C@@H](C)OC(=O)c2cc3ccccc3s2)cc1Cl. The van der Waals surface area contributed by atoms with Crippen LogP contribution in [-0.4, -0.2) is 25.1 Å². The maximum atomic E-state index is 12.3. The van der Waals surface area contributed by atoms with Crippen molar-refractivity contribution in [3.05, 3.63) is 58.4 Å². The average molecular weight is 390 g/mol. The van der Waals surface area contributed by atoms with Crippen LogP contribution in [0.15, 0.2) is 48.5 Å². The Hall–Kier alpha value is -2.57. The van der Waals surface area contributed by atoms with Gasteiger partial charge < -0.3 is 14.8 Å². The van der Waals surface area contributed by atoms with Crippen LogP contribution in [0, 0.1) is 0 Å². The van der Waals surface area contributed by atoms with Gasteiger partial charge in [-0.25, -0.2) is 4.79 Å². The van der Waals surface area contributed by atoms with Crippen LogP contribution in [0.2, 0.25) is 5.02 Å². The van der Waals surface area contributed by atoms with Crippen molar-refractivity contribution in [2.45, 2.75) is 13.0 Å². The molecule has 0 unspecified atom stereocenters. The van der Waals surface area contributed by atoms with Crippen LogP contribution in [0.1, 0.15) is 16.6 Å². The Bertz CT molecular complexity index is 936. The van der Waals surface area contributed by atoms with Gasteiger partial charge in [0.05, 0.1) is 12.1 Å². The van der Waals surface area contributed by atoms with E-state index in [1.54, 1.807) is 24.3 Å². The normalized spacial score (nSPS) is 11.8. The molecule has 1 atom stereocenters. The highest BCUT2D eigenvalue weighted by atomic mass is 35.5. The summed E-state index contributed by atoms with van der Waals surface area (Å²) in [6, 6.07) is 14.3. The number of nitrogens with one attached hydrogen (secondary N) is 1. The van der Waals surface area contributed by atoms with Gasteiger partial charge in [0.2, 0.25) is 0 Å². The minimum atomic E-state index is -0.950. The van der Waals surface area contributed by atoms with Crippen LogP contribution in [0.3, 0.4) is 0 Å². The fraction of sp³-hybridized carbons (Fsp3) is 0.158. The molecule has 1 amide bonds. The summed E-state index contributed by atoms with van der Waals surface area (Å²) >= 11 is 7.37. The smallest absolute Gasteiger partial charge is 0.349 e. The molecule has 0 aliphatic carbocycles. The van der Waals surface area contributed by atoms with E-state index in [-0.39, 0.29) is 0 Å². The van der Waals surface area contributed by atoms with Crippen LogP contribution < -0.4 is 10.1 Å². The molecule has 5 nitrogen and oxygen atoms in total. The fourth-order valence-corrected chi connectivity index (χ4v) is 3.55. The molecule has 3 aromatic rings. The van der Waals surface area contributed by atoms with Gasteiger partial charge in [0, 0.05) is 10.4 Å². The van der Waals surface area contributed by atoms with Gasteiger partial charge in [0.1, 0.15) is 10.6 Å². The summed E-state index contributed by atoms with van der Waals surface area (Å²) in [4.78, 5) is 25.0. The minimum Gasteiger partial charge on any atom is -0.495 e. The molecule has 0 fully saturated rings. The third kappa shape index (κ3) is 3.98. The number of hydrogen-bond donors (Lipinski definition) is 1. The summed E-state index contributed by atoms with van der Waals surface area (Å²) in [6.07, 6.45) is -0.950. The largest absolute Gasteiger partial charge is 0.495 e. The summed E-state index contributed by atoms with van der Waals surface area (Å²) in [5.41, 5.74) is 0.491. The van der Waals surface area contributed by atoms with Crippen molar-refractivity contribution in [1.29, 1.82) is 0 Å². The number of anilines is 1. The first-order valence-corrected chi connectivity index (χ1v) is 9.01. The molecule has 0 radical (unpaired) electrons. The number of carbonyl (C=O) groups excluding carboxylic acids is 2. The molecule has 134 valence electrons. The highest BCUT2D eigenvalue weighted by Crippen LogP contribution is 2.28. The van der Waals surface area contributed by atoms with Crippen LogP contribution in [0.25, 0.3) is 10.1 Å². The van der Waals surface area contributed by atoms with Gasteiger partial charge in [-0.3, -0.25) is 4.79 Å². The molecule has 26 heavy (non-hydrogen) atoms. The van der Waals surface area contributed by atoms with Gasteiger partial charge in [-0.15, -0.1) is 11.3 Å². The first kappa shape index (κ1) is 18.2.